The fourth-order valence-corrected chi connectivity index (χ4v) is 4.30. The van der Waals surface area contributed by atoms with Crippen molar-refractivity contribution >= 4 is 11.8 Å². The van der Waals surface area contributed by atoms with Crippen molar-refractivity contribution in [2.45, 2.75) is 32.7 Å². The Morgan fingerprint density at radius 3 is 2.85 bits per heavy atom. The summed E-state index contributed by atoms with van der Waals surface area (Å²) in [6, 6.07) is 8.08. The number of rotatable bonds is 7. The molecule has 27 heavy (non-hydrogen) atoms. The normalized spacial score (nSPS) is 23.2. The zero-order valence-corrected chi connectivity index (χ0v) is 16.5. The second kappa shape index (κ2) is 8.85. The quantitative estimate of drug-likeness (QED) is 0.788. The Hall–Kier alpha value is -1.92. The molecule has 0 aromatic heterocycles. The standard InChI is InChI=1S/C21H31N3O3/c1-17-6-3-4-7-18(17)14-22-19(25)15-23-11-9-21(16-23)8-5-10-24(20(21)26)12-13-27-2/h3-4,6-7H,5,8-16H2,1-2H3,(H,22,25). The van der Waals surface area contributed by atoms with Gasteiger partial charge in [-0.25, -0.2) is 0 Å². The Balaban J connectivity index is 1.50. The van der Waals surface area contributed by atoms with Crippen molar-refractivity contribution in [3.63, 3.8) is 0 Å². The van der Waals surface area contributed by atoms with E-state index in [2.05, 4.69) is 23.2 Å². The molecule has 2 aliphatic heterocycles. The first-order chi connectivity index (χ1) is 13.0. The lowest BCUT2D eigenvalue weighted by Crippen LogP contribution is -2.51. The molecule has 2 aliphatic rings. The predicted molar refractivity (Wildman–Crippen MR) is 104 cm³/mol. The van der Waals surface area contributed by atoms with E-state index in [-0.39, 0.29) is 17.2 Å². The number of nitrogens with one attached hydrogen (secondary N) is 1. The molecule has 0 bridgehead atoms. The van der Waals surface area contributed by atoms with Crippen molar-refractivity contribution in [2.24, 2.45) is 5.41 Å². The van der Waals surface area contributed by atoms with E-state index < -0.39 is 0 Å². The Kier molecular flexibility index (Phi) is 6.50. The van der Waals surface area contributed by atoms with Crippen molar-refractivity contribution in [1.29, 1.82) is 0 Å². The highest BCUT2D eigenvalue weighted by Gasteiger charge is 2.48. The molecule has 2 amide bonds. The predicted octanol–water partition coefficient (Wildman–Crippen LogP) is 1.57. The Morgan fingerprint density at radius 2 is 2.07 bits per heavy atom. The van der Waals surface area contributed by atoms with Gasteiger partial charge in [-0.3, -0.25) is 14.5 Å². The van der Waals surface area contributed by atoms with Crippen LogP contribution in [-0.4, -0.2) is 68.1 Å². The average molecular weight is 373 g/mol. The molecule has 6 heteroatoms. The van der Waals surface area contributed by atoms with Crippen LogP contribution in [0.3, 0.4) is 0 Å². The smallest absolute Gasteiger partial charge is 0.234 e. The molecule has 1 aromatic rings. The van der Waals surface area contributed by atoms with Gasteiger partial charge in [-0.2, -0.15) is 0 Å². The summed E-state index contributed by atoms with van der Waals surface area (Å²) in [5.74, 6) is 0.267. The van der Waals surface area contributed by atoms with Crippen LogP contribution in [0.2, 0.25) is 0 Å². The summed E-state index contributed by atoms with van der Waals surface area (Å²) < 4.78 is 5.13. The molecule has 1 unspecified atom stereocenters. The number of nitrogens with zero attached hydrogens (tertiary/aromatic N) is 2. The second-order valence-corrected chi connectivity index (χ2v) is 7.83. The topological polar surface area (TPSA) is 61.9 Å². The minimum Gasteiger partial charge on any atom is -0.383 e. The lowest BCUT2D eigenvalue weighted by Gasteiger charge is -2.39. The molecule has 1 aromatic carbocycles. The number of hydrogen-bond acceptors (Lipinski definition) is 4. The maximum absolute atomic E-state index is 13.0. The summed E-state index contributed by atoms with van der Waals surface area (Å²) in [6.45, 7) is 6.51. The van der Waals surface area contributed by atoms with Crippen LogP contribution in [0.5, 0.6) is 0 Å². The van der Waals surface area contributed by atoms with Gasteiger partial charge in [-0.05, 0) is 43.9 Å². The molecular formula is C21H31N3O3. The van der Waals surface area contributed by atoms with E-state index in [1.54, 1.807) is 7.11 Å². The maximum atomic E-state index is 13.0. The van der Waals surface area contributed by atoms with Crippen molar-refractivity contribution < 1.29 is 14.3 Å². The number of amides is 2. The number of likely N-dealkylation sites (tertiary alicyclic amines) is 2. The number of aryl methyl sites for hydroxylation is 1. The molecule has 148 valence electrons. The molecule has 0 saturated carbocycles. The van der Waals surface area contributed by atoms with Gasteiger partial charge in [0.05, 0.1) is 18.6 Å². The number of benzene rings is 1. The number of piperidine rings is 1. The van der Waals surface area contributed by atoms with Gasteiger partial charge >= 0.3 is 0 Å². The van der Waals surface area contributed by atoms with Gasteiger partial charge in [0.1, 0.15) is 0 Å². The summed E-state index contributed by atoms with van der Waals surface area (Å²) in [4.78, 5) is 29.4. The van der Waals surface area contributed by atoms with Gasteiger partial charge in [0.2, 0.25) is 11.8 Å². The van der Waals surface area contributed by atoms with Crippen LogP contribution < -0.4 is 5.32 Å². The Morgan fingerprint density at radius 1 is 1.26 bits per heavy atom. The molecule has 1 spiro atoms. The van der Waals surface area contributed by atoms with Gasteiger partial charge in [-0.1, -0.05) is 24.3 Å². The summed E-state index contributed by atoms with van der Waals surface area (Å²) in [7, 11) is 1.66. The van der Waals surface area contributed by atoms with E-state index in [0.29, 0.717) is 32.8 Å². The van der Waals surface area contributed by atoms with E-state index in [1.165, 1.54) is 5.56 Å². The molecule has 0 aliphatic carbocycles. The van der Waals surface area contributed by atoms with Gasteiger partial charge < -0.3 is 15.0 Å². The minimum absolute atomic E-state index is 0.0230. The van der Waals surface area contributed by atoms with Gasteiger partial charge in [-0.15, -0.1) is 0 Å². The zero-order valence-electron chi connectivity index (χ0n) is 16.5. The van der Waals surface area contributed by atoms with Crippen molar-refractivity contribution in [2.75, 3.05) is 46.4 Å². The van der Waals surface area contributed by atoms with Crippen LogP contribution in [0.25, 0.3) is 0 Å². The number of carbonyl (C=O) groups is 2. The molecular weight excluding hydrogens is 342 g/mol. The Bertz CT molecular complexity index is 678. The maximum Gasteiger partial charge on any atom is 0.234 e. The Labute approximate surface area is 161 Å². The zero-order chi connectivity index (χ0) is 19.3. The van der Waals surface area contributed by atoms with Crippen LogP contribution >= 0.6 is 0 Å². The molecule has 0 radical (unpaired) electrons. The van der Waals surface area contributed by atoms with Crippen LogP contribution in [0.1, 0.15) is 30.4 Å². The number of methoxy groups -OCH3 is 1. The highest BCUT2D eigenvalue weighted by Crippen LogP contribution is 2.39. The summed E-state index contributed by atoms with van der Waals surface area (Å²) in [6.07, 6.45) is 2.81. The van der Waals surface area contributed by atoms with Crippen LogP contribution in [0.15, 0.2) is 24.3 Å². The third kappa shape index (κ3) is 4.68. The fourth-order valence-electron chi connectivity index (χ4n) is 4.30. The lowest BCUT2D eigenvalue weighted by atomic mass is 9.78. The van der Waals surface area contributed by atoms with Gasteiger partial charge in [0, 0.05) is 33.3 Å². The van der Waals surface area contributed by atoms with E-state index in [9.17, 15) is 9.59 Å². The van der Waals surface area contributed by atoms with Crippen molar-refractivity contribution in [3.8, 4) is 0 Å². The monoisotopic (exact) mass is 373 g/mol. The summed E-state index contributed by atoms with van der Waals surface area (Å²) in [5, 5.41) is 3.01. The first-order valence-electron chi connectivity index (χ1n) is 9.86. The molecule has 3 rings (SSSR count). The number of ether oxygens (including phenoxy) is 1. The van der Waals surface area contributed by atoms with Gasteiger partial charge in [0.15, 0.2) is 0 Å². The first kappa shape index (κ1) is 19.8. The molecule has 6 nitrogen and oxygen atoms in total. The molecule has 2 fully saturated rings. The van der Waals surface area contributed by atoms with E-state index in [1.807, 2.05) is 23.1 Å². The highest BCUT2D eigenvalue weighted by atomic mass is 16.5. The van der Waals surface area contributed by atoms with E-state index in [4.69, 9.17) is 4.74 Å². The minimum atomic E-state index is -0.303. The third-order valence-electron chi connectivity index (χ3n) is 5.93. The second-order valence-electron chi connectivity index (χ2n) is 7.83. The third-order valence-corrected chi connectivity index (χ3v) is 5.93. The number of carbonyl (C=O) groups excluding carboxylic acids is 2. The van der Waals surface area contributed by atoms with E-state index in [0.717, 1.165) is 37.9 Å². The first-order valence-corrected chi connectivity index (χ1v) is 9.86. The summed E-state index contributed by atoms with van der Waals surface area (Å²) in [5.41, 5.74) is 2.02. The molecule has 1 N–H and O–H groups in total. The lowest BCUT2D eigenvalue weighted by molar-refractivity contribution is -0.146. The van der Waals surface area contributed by atoms with Gasteiger partial charge in [0.25, 0.3) is 0 Å². The van der Waals surface area contributed by atoms with Crippen molar-refractivity contribution in [3.05, 3.63) is 35.4 Å². The molecule has 2 heterocycles. The largest absolute Gasteiger partial charge is 0.383 e. The average Bonchev–Trinajstić information content (AvgIpc) is 3.06. The highest BCUT2D eigenvalue weighted by molar-refractivity contribution is 5.84. The van der Waals surface area contributed by atoms with E-state index >= 15 is 0 Å². The fraction of sp³-hybridized carbons (Fsp3) is 0.619. The number of hydrogen-bond donors (Lipinski definition) is 1. The summed E-state index contributed by atoms with van der Waals surface area (Å²) >= 11 is 0. The van der Waals surface area contributed by atoms with Crippen LogP contribution in [-0.2, 0) is 20.9 Å². The van der Waals surface area contributed by atoms with Crippen LogP contribution in [0.4, 0.5) is 0 Å². The molecule has 1 atom stereocenters. The molecule has 2 saturated heterocycles. The SMILES string of the molecule is COCCN1CCCC2(CCN(CC(=O)NCc3ccccc3C)C2)C1=O. The van der Waals surface area contributed by atoms with Crippen LogP contribution in [0, 0.1) is 12.3 Å². The van der Waals surface area contributed by atoms with Crippen molar-refractivity contribution in [1.82, 2.24) is 15.1 Å².